The van der Waals surface area contributed by atoms with E-state index in [0.717, 1.165) is 25.9 Å². The van der Waals surface area contributed by atoms with Gasteiger partial charge in [-0.3, -0.25) is 9.59 Å². The number of anilines is 2. The highest BCUT2D eigenvalue weighted by atomic mass is 35.5. The lowest BCUT2D eigenvalue weighted by Gasteiger charge is -2.31. The van der Waals surface area contributed by atoms with Gasteiger partial charge in [-0.05, 0) is 38.1 Å². The van der Waals surface area contributed by atoms with E-state index < -0.39 is 0 Å². The summed E-state index contributed by atoms with van der Waals surface area (Å²) in [6.45, 7) is 3.09. The second-order valence-corrected chi connectivity index (χ2v) is 10.7. The van der Waals surface area contributed by atoms with Gasteiger partial charge in [0.2, 0.25) is 0 Å². The molecule has 0 bridgehead atoms. The number of amides is 2. The summed E-state index contributed by atoms with van der Waals surface area (Å²) in [6, 6.07) is 6.04. The molecule has 0 aromatic heterocycles. The molecule has 8 N–H and O–H groups in total. The highest BCUT2D eigenvalue weighted by molar-refractivity contribution is 6.34. The molecule has 42 heavy (non-hydrogen) atoms. The van der Waals surface area contributed by atoms with Crippen LogP contribution in [0.25, 0.3) is 0 Å². The molecular weight excluding hydrogens is 587 g/mol. The fraction of sp³-hybridized carbons (Fsp3) is 0.500. The van der Waals surface area contributed by atoms with Gasteiger partial charge in [-0.25, -0.2) is 0 Å². The average Bonchev–Trinajstić information content (AvgIpc) is 3.00. The molecule has 2 fully saturated rings. The Kier molecular flexibility index (Phi) is 12.8. The van der Waals surface area contributed by atoms with Crippen molar-refractivity contribution in [1.82, 2.24) is 21.3 Å². The predicted octanol–water partition coefficient (Wildman–Crippen LogP) is 2.08. The lowest BCUT2D eigenvalue weighted by Crippen LogP contribution is -2.53. The van der Waals surface area contributed by atoms with E-state index in [0.29, 0.717) is 57.1 Å². The summed E-state index contributed by atoms with van der Waals surface area (Å²) in [6.07, 6.45) is 1.49. The number of nitrogens with one attached hydrogen (secondary N) is 4. The van der Waals surface area contributed by atoms with Crippen molar-refractivity contribution < 1.29 is 28.5 Å². The van der Waals surface area contributed by atoms with Crippen molar-refractivity contribution in [2.24, 2.45) is 0 Å². The Morgan fingerprint density at radius 2 is 1.12 bits per heavy atom. The van der Waals surface area contributed by atoms with E-state index >= 15 is 0 Å². The summed E-state index contributed by atoms with van der Waals surface area (Å²) in [7, 11) is 6.25. The zero-order chi connectivity index (χ0) is 30.8. The number of nitrogens with two attached hydrogens (primary N) is 2. The highest BCUT2D eigenvalue weighted by Crippen LogP contribution is 2.30. The number of hydrogen-bond acceptors (Lipinski definition) is 10. The van der Waals surface area contributed by atoms with Crippen molar-refractivity contribution in [2.45, 2.75) is 37.1 Å². The molecule has 4 atom stereocenters. The Morgan fingerprint density at radius 3 is 1.45 bits per heavy atom. The van der Waals surface area contributed by atoms with E-state index in [1.165, 1.54) is 26.4 Å². The first-order chi connectivity index (χ1) is 20.1. The summed E-state index contributed by atoms with van der Waals surface area (Å²) >= 11 is 12.0. The minimum absolute atomic E-state index is 0.0511. The predicted molar refractivity (Wildman–Crippen MR) is 164 cm³/mol. The van der Waals surface area contributed by atoms with Crippen molar-refractivity contribution in [1.29, 1.82) is 0 Å². The lowest BCUT2D eigenvalue weighted by molar-refractivity contribution is 0.0475. The minimum atomic E-state index is -0.247. The summed E-state index contributed by atoms with van der Waals surface area (Å²) in [5, 5.41) is 13.1. The third-order valence-corrected chi connectivity index (χ3v) is 7.87. The van der Waals surface area contributed by atoms with Crippen LogP contribution in [-0.2, 0) is 9.47 Å². The zero-order valence-corrected chi connectivity index (χ0v) is 25.7. The number of carbonyl (C=O) groups is 2. The molecular formula is C28H40Cl2N6O6. The Bertz CT molecular complexity index is 1140. The van der Waals surface area contributed by atoms with Crippen molar-refractivity contribution in [3.05, 3.63) is 45.4 Å². The monoisotopic (exact) mass is 626 g/mol. The van der Waals surface area contributed by atoms with Gasteiger partial charge in [-0.15, -0.1) is 0 Å². The van der Waals surface area contributed by atoms with Gasteiger partial charge in [0.1, 0.15) is 11.5 Å². The smallest absolute Gasteiger partial charge is 0.255 e. The summed E-state index contributed by atoms with van der Waals surface area (Å²) in [4.78, 5) is 24.9. The Labute approximate surface area is 256 Å². The van der Waals surface area contributed by atoms with Crippen molar-refractivity contribution in [3.8, 4) is 11.5 Å². The molecule has 4 rings (SSSR count). The summed E-state index contributed by atoms with van der Waals surface area (Å²) < 4.78 is 21.2. The maximum absolute atomic E-state index is 12.5. The topological polar surface area (TPSA) is 171 Å². The Morgan fingerprint density at radius 1 is 0.738 bits per heavy atom. The van der Waals surface area contributed by atoms with E-state index in [1.54, 1.807) is 26.4 Å². The van der Waals surface area contributed by atoms with Crippen LogP contribution in [-0.4, -0.2) is 90.7 Å². The molecule has 2 heterocycles. The van der Waals surface area contributed by atoms with E-state index in [4.69, 9.17) is 53.6 Å². The van der Waals surface area contributed by atoms with Crippen LogP contribution in [0.4, 0.5) is 11.4 Å². The SMILES string of the molecule is COc1cc(N)c(Cl)cc1C(=O)N[C@@H]1CCNC[C@@H]1OC.COc1cc(N)c(Cl)cc1C(=O)N[C@H]1CCNC[C@H]1OC. The van der Waals surface area contributed by atoms with Crippen LogP contribution in [0, 0.1) is 0 Å². The second kappa shape index (κ2) is 16.0. The van der Waals surface area contributed by atoms with E-state index in [-0.39, 0.29) is 36.1 Å². The van der Waals surface area contributed by atoms with Crippen molar-refractivity contribution >= 4 is 46.4 Å². The van der Waals surface area contributed by atoms with Gasteiger partial charge >= 0.3 is 0 Å². The molecule has 0 saturated carbocycles. The molecule has 2 amide bonds. The molecule has 2 aromatic carbocycles. The quantitative estimate of drug-likeness (QED) is 0.238. The molecule has 12 nitrogen and oxygen atoms in total. The number of hydrogen-bond donors (Lipinski definition) is 6. The fourth-order valence-corrected chi connectivity index (χ4v) is 5.14. The molecule has 2 aliphatic rings. The first kappa shape index (κ1) is 33.5. The summed E-state index contributed by atoms with van der Waals surface area (Å²) in [5.41, 5.74) is 12.9. The van der Waals surface area contributed by atoms with Gasteiger partial charge in [0.25, 0.3) is 11.8 Å². The van der Waals surface area contributed by atoms with Crippen LogP contribution < -0.4 is 42.2 Å². The van der Waals surface area contributed by atoms with Crippen LogP contribution in [0.3, 0.4) is 0 Å². The van der Waals surface area contributed by atoms with Crippen LogP contribution in [0.15, 0.2) is 24.3 Å². The van der Waals surface area contributed by atoms with Gasteiger partial charge in [-0.1, -0.05) is 23.2 Å². The fourth-order valence-electron chi connectivity index (χ4n) is 4.81. The zero-order valence-electron chi connectivity index (χ0n) is 24.2. The molecule has 0 radical (unpaired) electrons. The average molecular weight is 628 g/mol. The molecule has 0 unspecified atom stereocenters. The molecule has 2 aromatic rings. The Hall–Kier alpha value is -3.00. The second-order valence-electron chi connectivity index (χ2n) is 9.84. The van der Waals surface area contributed by atoms with E-state index in [1.807, 2.05) is 0 Å². The number of piperidine rings is 2. The van der Waals surface area contributed by atoms with Crippen LogP contribution in [0.2, 0.25) is 10.0 Å². The number of halogens is 2. The van der Waals surface area contributed by atoms with Crippen LogP contribution in [0.5, 0.6) is 11.5 Å². The normalized spacial score (nSPS) is 21.9. The molecule has 2 aliphatic heterocycles. The van der Waals surface area contributed by atoms with Crippen LogP contribution in [0.1, 0.15) is 33.6 Å². The minimum Gasteiger partial charge on any atom is -0.496 e. The number of methoxy groups -OCH3 is 4. The lowest BCUT2D eigenvalue weighted by atomic mass is 10.0. The molecule has 232 valence electrons. The molecule has 14 heteroatoms. The first-order valence-electron chi connectivity index (χ1n) is 13.5. The Balaban J connectivity index is 0.000000230. The number of rotatable bonds is 8. The molecule has 2 saturated heterocycles. The maximum Gasteiger partial charge on any atom is 0.255 e. The summed E-state index contributed by atoms with van der Waals surface area (Å²) in [5.74, 6) is 0.306. The number of nitrogen functional groups attached to an aromatic ring is 2. The largest absolute Gasteiger partial charge is 0.496 e. The number of ether oxygens (including phenoxy) is 4. The molecule has 0 spiro atoms. The van der Waals surface area contributed by atoms with Crippen molar-refractivity contribution in [3.63, 3.8) is 0 Å². The highest BCUT2D eigenvalue weighted by Gasteiger charge is 2.29. The van der Waals surface area contributed by atoms with Gasteiger partial charge in [0.05, 0.1) is 71.1 Å². The van der Waals surface area contributed by atoms with Crippen molar-refractivity contribution in [2.75, 3.05) is 66.1 Å². The third kappa shape index (κ3) is 8.52. The van der Waals surface area contributed by atoms with Gasteiger partial charge in [0.15, 0.2) is 0 Å². The number of benzene rings is 2. The number of carbonyl (C=O) groups excluding carboxylic acids is 2. The van der Waals surface area contributed by atoms with Gasteiger partial charge in [-0.2, -0.15) is 0 Å². The van der Waals surface area contributed by atoms with Gasteiger partial charge < -0.3 is 51.7 Å². The van der Waals surface area contributed by atoms with E-state index in [2.05, 4.69) is 21.3 Å². The molecule has 0 aliphatic carbocycles. The van der Waals surface area contributed by atoms with Crippen LogP contribution >= 0.6 is 23.2 Å². The standard InChI is InChI=1S/2C14H20ClN3O3/c2*1-20-12-6-10(16)9(15)5-8(12)14(19)18-11-3-4-17-7-13(11)21-2/h2*5-6,11,13,17H,3-4,7,16H2,1-2H3,(H,18,19)/t2*11-,13+/m10/s1. The first-order valence-corrected chi connectivity index (χ1v) is 14.2. The van der Waals surface area contributed by atoms with E-state index in [9.17, 15) is 9.59 Å². The third-order valence-electron chi connectivity index (χ3n) is 7.22. The maximum atomic E-state index is 12.5. The van der Waals surface area contributed by atoms with Gasteiger partial charge in [0, 0.05) is 39.4 Å².